The molecule has 3 heterocycles. The first-order valence-corrected chi connectivity index (χ1v) is 26.8. The van der Waals surface area contributed by atoms with E-state index < -0.39 is 0 Å². The number of benzene rings is 13. The van der Waals surface area contributed by atoms with Crippen LogP contribution in [-0.2, 0) is 0 Å². The van der Waals surface area contributed by atoms with Gasteiger partial charge in [0.15, 0.2) is 0 Å². The first kappa shape index (κ1) is 44.9. The van der Waals surface area contributed by atoms with Gasteiger partial charge in [-0.15, -0.1) is 0 Å². The molecule has 16 rings (SSSR count). The minimum atomic E-state index is -0.256. The van der Waals surface area contributed by atoms with Crippen molar-refractivity contribution in [3.63, 3.8) is 0 Å². The third kappa shape index (κ3) is 7.03. The highest BCUT2D eigenvalue weighted by atomic mass is 19.1. The van der Waals surface area contributed by atoms with Gasteiger partial charge in [-0.1, -0.05) is 152 Å². The summed E-state index contributed by atoms with van der Waals surface area (Å²) in [5, 5.41) is 11.8. The number of nitrogens with zero attached hydrogens (tertiary/aromatic N) is 3. The van der Waals surface area contributed by atoms with E-state index in [9.17, 15) is 8.78 Å². The van der Waals surface area contributed by atoms with E-state index in [-0.39, 0.29) is 11.6 Å². The summed E-state index contributed by atoms with van der Waals surface area (Å²) >= 11 is 0. The van der Waals surface area contributed by atoms with Gasteiger partial charge < -0.3 is 13.7 Å². The Morgan fingerprint density at radius 3 is 0.797 bits per heavy atom. The van der Waals surface area contributed by atoms with Gasteiger partial charge in [0.1, 0.15) is 11.6 Å². The fraction of sp³-hybridized carbons (Fsp3) is 0. The minimum Gasteiger partial charge on any atom is -0.309 e. The van der Waals surface area contributed by atoms with Crippen molar-refractivity contribution in [3.05, 3.63) is 285 Å². The van der Waals surface area contributed by atoms with Crippen LogP contribution >= 0.6 is 0 Å². The topological polar surface area (TPSA) is 14.8 Å². The van der Waals surface area contributed by atoms with Crippen LogP contribution in [0.2, 0.25) is 0 Å². The predicted octanol–water partition coefficient (Wildman–Crippen LogP) is 20.2. The van der Waals surface area contributed by atoms with E-state index in [2.05, 4.69) is 238 Å². The summed E-state index contributed by atoms with van der Waals surface area (Å²) in [6.45, 7) is 0. The average Bonchev–Trinajstić information content (AvgIpc) is 4.21. The van der Waals surface area contributed by atoms with E-state index in [1.165, 1.54) is 62.5 Å². The number of aromatic nitrogens is 3. The fourth-order valence-corrected chi connectivity index (χ4v) is 12.8. The number of hydrogen-bond acceptors (Lipinski definition) is 0. The molecule has 3 aromatic heterocycles. The largest absolute Gasteiger partial charge is 0.309 e. The molecule has 5 heteroatoms. The van der Waals surface area contributed by atoms with E-state index >= 15 is 0 Å². The molecule has 0 aliphatic heterocycles. The molecule has 0 radical (unpaired) electrons. The van der Waals surface area contributed by atoms with Crippen LogP contribution in [0.5, 0.6) is 0 Å². The van der Waals surface area contributed by atoms with Gasteiger partial charge in [0.05, 0.1) is 33.1 Å². The van der Waals surface area contributed by atoms with E-state index in [0.29, 0.717) is 0 Å². The molecular formula is C74H45F2N3. The highest BCUT2D eigenvalue weighted by Crippen LogP contribution is 2.45. The Kier molecular flexibility index (Phi) is 10.0. The summed E-state index contributed by atoms with van der Waals surface area (Å²) < 4.78 is 35.2. The quantitative estimate of drug-likeness (QED) is 0.141. The molecule has 79 heavy (non-hydrogen) atoms. The van der Waals surface area contributed by atoms with Crippen molar-refractivity contribution in [2.45, 2.75) is 0 Å². The van der Waals surface area contributed by atoms with Crippen molar-refractivity contribution in [1.82, 2.24) is 13.7 Å². The summed E-state index contributed by atoms with van der Waals surface area (Å²) in [5.74, 6) is -0.513. The number of fused-ring (bicyclic) bond motifs is 11. The number of hydrogen-bond donors (Lipinski definition) is 0. The summed E-state index contributed by atoms with van der Waals surface area (Å²) in [7, 11) is 0. The van der Waals surface area contributed by atoms with Gasteiger partial charge in [0, 0.05) is 49.4 Å². The first-order chi connectivity index (χ1) is 39.0. The van der Waals surface area contributed by atoms with Crippen molar-refractivity contribution in [2.24, 2.45) is 0 Å². The highest BCUT2D eigenvalue weighted by Gasteiger charge is 2.21. The van der Waals surface area contributed by atoms with Crippen molar-refractivity contribution in [1.29, 1.82) is 0 Å². The lowest BCUT2D eigenvalue weighted by Gasteiger charge is -2.18. The molecule has 0 atom stereocenters. The monoisotopic (exact) mass is 1010 g/mol. The van der Waals surface area contributed by atoms with Gasteiger partial charge in [-0.05, 0) is 187 Å². The van der Waals surface area contributed by atoms with E-state index in [1.807, 2.05) is 24.3 Å². The average molecular weight is 1010 g/mol. The third-order valence-corrected chi connectivity index (χ3v) is 16.4. The molecule has 3 nitrogen and oxygen atoms in total. The number of para-hydroxylation sites is 2. The zero-order chi connectivity index (χ0) is 52.3. The number of rotatable bonds is 7. The Labute approximate surface area is 453 Å². The maximum atomic E-state index is 14.2. The summed E-state index contributed by atoms with van der Waals surface area (Å²) in [6, 6.07) is 95.2. The van der Waals surface area contributed by atoms with E-state index in [0.717, 1.165) is 110 Å². The second-order valence-electron chi connectivity index (χ2n) is 20.7. The molecule has 0 amide bonds. The number of halogens is 2. The predicted molar refractivity (Wildman–Crippen MR) is 326 cm³/mol. The molecule has 13 aromatic carbocycles. The lowest BCUT2D eigenvalue weighted by Crippen LogP contribution is -1.95. The van der Waals surface area contributed by atoms with Crippen LogP contribution < -0.4 is 0 Å². The molecule has 16 aromatic rings. The molecule has 0 aliphatic rings. The van der Waals surface area contributed by atoms with Crippen LogP contribution in [-0.4, -0.2) is 13.7 Å². The van der Waals surface area contributed by atoms with Gasteiger partial charge in [0.25, 0.3) is 0 Å². The lowest BCUT2D eigenvalue weighted by atomic mass is 9.86. The molecule has 0 N–H and O–H groups in total. The SMILES string of the molecule is Fc1ccc(-n2c3ccccc3c3cc(-c4ccc5c(c4)c4cc(-c6ccc7c(c6)c6ccccc6n7-c6ccc(F)cc6)ccc4n5-c4ccc(-c5c6ccccc6c(-c6ccccc6)c6ccccc56)cc4)ccc32)cc1. The van der Waals surface area contributed by atoms with Crippen LogP contribution in [0.1, 0.15) is 0 Å². The Morgan fingerprint density at radius 2 is 0.443 bits per heavy atom. The summed E-state index contributed by atoms with van der Waals surface area (Å²) in [4.78, 5) is 0. The Morgan fingerprint density at radius 1 is 0.190 bits per heavy atom. The van der Waals surface area contributed by atoms with Crippen molar-refractivity contribution >= 4 is 87.0 Å². The van der Waals surface area contributed by atoms with Gasteiger partial charge in [-0.3, -0.25) is 0 Å². The van der Waals surface area contributed by atoms with E-state index in [1.54, 1.807) is 0 Å². The Hall–Kier alpha value is -10.4. The van der Waals surface area contributed by atoms with Gasteiger partial charge in [-0.25, -0.2) is 8.78 Å². The molecule has 0 fully saturated rings. The normalized spacial score (nSPS) is 11.9. The summed E-state index contributed by atoms with van der Waals surface area (Å²) in [5.41, 5.74) is 18.7. The van der Waals surface area contributed by atoms with Crippen LogP contribution in [0.15, 0.2) is 273 Å². The molecular weight excluding hydrogens is 969 g/mol. The zero-order valence-corrected chi connectivity index (χ0v) is 42.6. The standard InChI is InChI=1S/C74H45F2N3/c75-52-28-34-55(35-29-52)77-67-20-10-8-14-57(67)63-42-48(24-38-69(63)77)50-26-40-71-65(44-50)66-45-51(49-25-39-70-64(43-49)58-15-9-11-21-68(58)78(70)56-36-30-53(76)31-37-56)27-41-72(66)79(71)54-32-22-47(23-33-54)74-61-18-6-4-16-59(61)73(46-12-2-1-3-13-46)60-17-5-7-19-62(60)74/h1-45H. The zero-order valence-electron chi connectivity index (χ0n) is 42.6. The Balaban J connectivity index is 0.878. The molecule has 0 spiro atoms. The van der Waals surface area contributed by atoms with E-state index in [4.69, 9.17) is 0 Å². The molecule has 370 valence electrons. The maximum absolute atomic E-state index is 14.2. The minimum absolute atomic E-state index is 0.256. The smallest absolute Gasteiger partial charge is 0.123 e. The fourth-order valence-electron chi connectivity index (χ4n) is 12.8. The van der Waals surface area contributed by atoms with Crippen molar-refractivity contribution in [3.8, 4) is 61.6 Å². The second-order valence-corrected chi connectivity index (χ2v) is 20.7. The van der Waals surface area contributed by atoms with Crippen LogP contribution in [0.4, 0.5) is 8.78 Å². The van der Waals surface area contributed by atoms with Gasteiger partial charge in [0.2, 0.25) is 0 Å². The maximum Gasteiger partial charge on any atom is 0.123 e. The van der Waals surface area contributed by atoms with Gasteiger partial charge in [-0.2, -0.15) is 0 Å². The van der Waals surface area contributed by atoms with Crippen LogP contribution in [0.25, 0.3) is 149 Å². The molecule has 0 bridgehead atoms. The van der Waals surface area contributed by atoms with Crippen LogP contribution in [0, 0.1) is 11.6 Å². The van der Waals surface area contributed by atoms with Gasteiger partial charge >= 0.3 is 0 Å². The Bertz CT molecular complexity index is 4840. The second kappa shape index (κ2) is 17.6. The third-order valence-electron chi connectivity index (χ3n) is 16.4. The first-order valence-electron chi connectivity index (χ1n) is 26.8. The van der Waals surface area contributed by atoms with Crippen LogP contribution in [0.3, 0.4) is 0 Å². The summed E-state index contributed by atoms with van der Waals surface area (Å²) in [6.07, 6.45) is 0. The van der Waals surface area contributed by atoms with Crippen molar-refractivity contribution in [2.75, 3.05) is 0 Å². The van der Waals surface area contributed by atoms with Crippen molar-refractivity contribution < 1.29 is 8.78 Å². The highest BCUT2D eigenvalue weighted by molar-refractivity contribution is 6.22. The molecule has 0 saturated heterocycles. The lowest BCUT2D eigenvalue weighted by molar-refractivity contribution is 0.627. The molecule has 0 aliphatic carbocycles. The molecule has 0 saturated carbocycles. The molecule has 0 unspecified atom stereocenters.